The van der Waals surface area contributed by atoms with Gasteiger partial charge in [0.25, 0.3) is 0 Å². The topological polar surface area (TPSA) is 108 Å². The van der Waals surface area contributed by atoms with Crippen molar-refractivity contribution in [3.8, 4) is 5.75 Å². The standard InChI is InChI=1S/C28H31N3O4/c1-3-31(4-2)24-12-9-22(10-13-24)28(33)35-25-14-5-20(6-15-25)7-16-27(32)34-18-17-21-8-11-23(29)19-26(21)30/h5-16,19H,3-4,17-18,29-30H2,1-2H3/b16-7+. The van der Waals surface area contributed by atoms with Gasteiger partial charge in [0.1, 0.15) is 5.75 Å². The maximum atomic E-state index is 12.4. The molecule has 0 aliphatic carbocycles. The van der Waals surface area contributed by atoms with Crippen molar-refractivity contribution in [2.24, 2.45) is 0 Å². The number of esters is 2. The van der Waals surface area contributed by atoms with Gasteiger partial charge in [-0.25, -0.2) is 9.59 Å². The second-order valence-corrected chi connectivity index (χ2v) is 7.89. The summed E-state index contributed by atoms with van der Waals surface area (Å²) in [5, 5.41) is 0. The van der Waals surface area contributed by atoms with Gasteiger partial charge in [0.15, 0.2) is 0 Å². The number of anilines is 3. The lowest BCUT2D eigenvalue weighted by Gasteiger charge is -2.20. The van der Waals surface area contributed by atoms with Crippen molar-refractivity contribution in [1.29, 1.82) is 0 Å². The van der Waals surface area contributed by atoms with Crippen LogP contribution in [-0.4, -0.2) is 31.6 Å². The second-order valence-electron chi connectivity index (χ2n) is 7.89. The molecular formula is C28H31N3O4. The van der Waals surface area contributed by atoms with Gasteiger partial charge in [-0.3, -0.25) is 0 Å². The van der Waals surface area contributed by atoms with Crippen LogP contribution in [-0.2, 0) is 16.0 Å². The fourth-order valence-corrected chi connectivity index (χ4v) is 3.53. The first-order chi connectivity index (χ1) is 16.9. The summed E-state index contributed by atoms with van der Waals surface area (Å²) in [7, 11) is 0. The van der Waals surface area contributed by atoms with Crippen LogP contribution in [0.15, 0.2) is 72.8 Å². The van der Waals surface area contributed by atoms with Crippen LogP contribution in [0.1, 0.15) is 35.3 Å². The summed E-state index contributed by atoms with van der Waals surface area (Å²) in [5.41, 5.74) is 16.0. The minimum atomic E-state index is -0.456. The Hall–Kier alpha value is -4.26. The van der Waals surface area contributed by atoms with Crippen LogP contribution >= 0.6 is 0 Å². The van der Waals surface area contributed by atoms with Gasteiger partial charge in [0.05, 0.1) is 12.2 Å². The highest BCUT2D eigenvalue weighted by molar-refractivity contribution is 5.91. The number of ether oxygens (including phenoxy) is 2. The molecule has 0 saturated heterocycles. The summed E-state index contributed by atoms with van der Waals surface area (Å²) in [6.45, 7) is 6.19. The average molecular weight is 474 g/mol. The molecule has 0 heterocycles. The van der Waals surface area contributed by atoms with E-state index < -0.39 is 11.9 Å². The summed E-state index contributed by atoms with van der Waals surface area (Å²) >= 11 is 0. The Morgan fingerprint density at radius 3 is 2.23 bits per heavy atom. The lowest BCUT2D eigenvalue weighted by molar-refractivity contribution is -0.137. The van der Waals surface area contributed by atoms with Crippen LogP contribution < -0.4 is 21.1 Å². The van der Waals surface area contributed by atoms with E-state index in [2.05, 4.69) is 18.7 Å². The third-order valence-corrected chi connectivity index (χ3v) is 5.52. The number of nitrogen functional groups attached to an aromatic ring is 2. The number of hydrogen-bond acceptors (Lipinski definition) is 7. The van der Waals surface area contributed by atoms with Gasteiger partial charge in [-0.1, -0.05) is 18.2 Å². The van der Waals surface area contributed by atoms with E-state index in [0.717, 1.165) is 29.9 Å². The molecule has 0 unspecified atom stereocenters. The monoisotopic (exact) mass is 473 g/mol. The van der Waals surface area contributed by atoms with Crippen molar-refractivity contribution < 1.29 is 19.1 Å². The van der Waals surface area contributed by atoms with E-state index >= 15 is 0 Å². The van der Waals surface area contributed by atoms with E-state index in [-0.39, 0.29) is 6.61 Å². The summed E-state index contributed by atoms with van der Waals surface area (Å²) < 4.78 is 10.7. The van der Waals surface area contributed by atoms with Crippen LogP contribution in [0.4, 0.5) is 17.1 Å². The molecule has 0 fully saturated rings. The molecule has 3 aromatic rings. The zero-order chi connectivity index (χ0) is 25.2. The highest BCUT2D eigenvalue weighted by atomic mass is 16.5. The quantitative estimate of drug-likeness (QED) is 0.190. The first-order valence-electron chi connectivity index (χ1n) is 11.6. The minimum absolute atomic E-state index is 0.210. The van der Waals surface area contributed by atoms with Crippen LogP contribution in [0.2, 0.25) is 0 Å². The van der Waals surface area contributed by atoms with Crippen LogP contribution in [0, 0.1) is 0 Å². The Kier molecular flexibility index (Phi) is 8.89. The van der Waals surface area contributed by atoms with Crippen molar-refractivity contribution in [2.45, 2.75) is 20.3 Å². The molecule has 0 saturated carbocycles. The van der Waals surface area contributed by atoms with Gasteiger partial charge in [-0.15, -0.1) is 0 Å². The molecule has 3 rings (SSSR count). The first-order valence-corrected chi connectivity index (χ1v) is 11.6. The molecule has 0 atom stereocenters. The average Bonchev–Trinajstić information content (AvgIpc) is 2.86. The lowest BCUT2D eigenvalue weighted by atomic mass is 10.1. The SMILES string of the molecule is CCN(CC)c1ccc(C(=O)Oc2ccc(/C=C/C(=O)OCCc3ccc(N)cc3N)cc2)cc1. The molecule has 7 nitrogen and oxygen atoms in total. The van der Waals surface area contributed by atoms with Crippen LogP contribution in [0.3, 0.4) is 0 Å². The normalized spacial score (nSPS) is 10.8. The molecule has 3 aromatic carbocycles. The van der Waals surface area contributed by atoms with E-state index in [1.54, 1.807) is 54.6 Å². The van der Waals surface area contributed by atoms with Crippen molar-refractivity contribution >= 4 is 35.1 Å². The van der Waals surface area contributed by atoms with Gasteiger partial charge < -0.3 is 25.8 Å². The Morgan fingerprint density at radius 2 is 1.60 bits per heavy atom. The Bertz CT molecular complexity index is 1170. The number of nitrogens with zero attached hydrogens (tertiary/aromatic N) is 1. The highest BCUT2D eigenvalue weighted by Gasteiger charge is 2.10. The first kappa shape index (κ1) is 25.4. The third-order valence-electron chi connectivity index (χ3n) is 5.52. The van der Waals surface area contributed by atoms with Crippen molar-refractivity contribution in [2.75, 3.05) is 36.1 Å². The second kappa shape index (κ2) is 12.3. The van der Waals surface area contributed by atoms with E-state index in [1.807, 2.05) is 18.2 Å². The van der Waals surface area contributed by atoms with Gasteiger partial charge in [0, 0.05) is 42.6 Å². The summed E-state index contributed by atoms with van der Waals surface area (Å²) in [6, 6.07) is 19.5. The maximum Gasteiger partial charge on any atom is 0.343 e. The van der Waals surface area contributed by atoms with Gasteiger partial charge in [-0.2, -0.15) is 0 Å². The number of carbonyl (C=O) groups is 2. The van der Waals surface area contributed by atoms with E-state index in [1.165, 1.54) is 6.08 Å². The van der Waals surface area contributed by atoms with Gasteiger partial charge >= 0.3 is 11.9 Å². The number of hydrogen-bond donors (Lipinski definition) is 2. The molecule has 0 bridgehead atoms. The minimum Gasteiger partial charge on any atom is -0.462 e. The molecule has 182 valence electrons. The Morgan fingerprint density at radius 1 is 0.914 bits per heavy atom. The van der Waals surface area contributed by atoms with Crippen molar-refractivity contribution in [3.63, 3.8) is 0 Å². The van der Waals surface area contributed by atoms with Crippen LogP contribution in [0.25, 0.3) is 6.08 Å². The molecule has 35 heavy (non-hydrogen) atoms. The maximum absolute atomic E-state index is 12.4. The fraction of sp³-hybridized carbons (Fsp3) is 0.214. The Balaban J connectivity index is 1.48. The molecule has 0 aromatic heterocycles. The fourth-order valence-electron chi connectivity index (χ4n) is 3.53. The number of carbonyl (C=O) groups excluding carboxylic acids is 2. The zero-order valence-corrected chi connectivity index (χ0v) is 20.1. The van der Waals surface area contributed by atoms with Gasteiger partial charge in [0.2, 0.25) is 0 Å². The molecule has 0 radical (unpaired) electrons. The smallest absolute Gasteiger partial charge is 0.343 e. The van der Waals surface area contributed by atoms with Gasteiger partial charge in [-0.05, 0) is 79.6 Å². The Labute approximate surface area is 205 Å². The largest absolute Gasteiger partial charge is 0.462 e. The lowest BCUT2D eigenvalue weighted by Crippen LogP contribution is -2.21. The summed E-state index contributed by atoms with van der Waals surface area (Å²) in [6.07, 6.45) is 3.49. The predicted octanol–water partition coefficient (Wildman–Crippen LogP) is 4.72. The highest BCUT2D eigenvalue weighted by Crippen LogP contribution is 2.19. The van der Waals surface area contributed by atoms with Crippen molar-refractivity contribution in [3.05, 3.63) is 89.5 Å². The van der Waals surface area contributed by atoms with E-state index in [0.29, 0.717) is 29.1 Å². The summed E-state index contributed by atoms with van der Waals surface area (Å²) in [5.74, 6) is -0.462. The van der Waals surface area contributed by atoms with E-state index in [4.69, 9.17) is 20.9 Å². The number of benzene rings is 3. The number of rotatable bonds is 10. The molecule has 0 spiro atoms. The molecular weight excluding hydrogens is 442 g/mol. The molecule has 0 aliphatic rings. The molecule has 7 heteroatoms. The van der Waals surface area contributed by atoms with E-state index in [9.17, 15) is 9.59 Å². The third kappa shape index (κ3) is 7.37. The molecule has 0 amide bonds. The molecule has 4 N–H and O–H groups in total. The summed E-state index contributed by atoms with van der Waals surface area (Å²) in [4.78, 5) is 26.6. The van der Waals surface area contributed by atoms with Crippen molar-refractivity contribution in [1.82, 2.24) is 0 Å². The van der Waals surface area contributed by atoms with Crippen LogP contribution in [0.5, 0.6) is 5.75 Å². The zero-order valence-electron chi connectivity index (χ0n) is 20.1. The molecule has 0 aliphatic heterocycles. The number of nitrogens with two attached hydrogens (primary N) is 2. The predicted molar refractivity (Wildman–Crippen MR) is 140 cm³/mol.